The molecule has 0 spiro atoms. The number of alkyl halides is 1. The highest BCUT2D eigenvalue weighted by molar-refractivity contribution is 9.09. The second-order valence-electron chi connectivity index (χ2n) is 3.61. The van der Waals surface area contributed by atoms with Crippen molar-refractivity contribution in [1.29, 1.82) is 5.26 Å². The molecule has 0 bridgehead atoms. The predicted octanol–water partition coefficient (Wildman–Crippen LogP) is 2.05. The van der Waals surface area contributed by atoms with Crippen LogP contribution in [0.3, 0.4) is 0 Å². The Labute approximate surface area is 107 Å². The van der Waals surface area contributed by atoms with Gasteiger partial charge in [0.05, 0.1) is 28.9 Å². The van der Waals surface area contributed by atoms with Gasteiger partial charge in [-0.1, -0.05) is 15.9 Å². The molecule has 5 heteroatoms. The van der Waals surface area contributed by atoms with E-state index in [0.29, 0.717) is 12.1 Å². The van der Waals surface area contributed by atoms with E-state index in [2.05, 4.69) is 27.0 Å². The van der Waals surface area contributed by atoms with E-state index < -0.39 is 0 Å². The van der Waals surface area contributed by atoms with E-state index >= 15 is 0 Å². The van der Waals surface area contributed by atoms with Crippen LogP contribution < -0.4 is 5.56 Å². The molecule has 2 rings (SSSR count). The standard InChI is InChI=1S/C12H10BrN3O/c13-4-1-5-16-11-6-9(7-14)2-3-10(11)15-8-12(16)17/h2-3,6,8H,1,4-5H2. The van der Waals surface area contributed by atoms with Crippen LogP contribution in [-0.2, 0) is 6.54 Å². The molecular weight excluding hydrogens is 282 g/mol. The maximum atomic E-state index is 11.7. The minimum atomic E-state index is -0.131. The molecule has 0 aliphatic carbocycles. The third-order valence-electron chi connectivity index (χ3n) is 2.49. The van der Waals surface area contributed by atoms with Crippen LogP contribution >= 0.6 is 15.9 Å². The van der Waals surface area contributed by atoms with Gasteiger partial charge in [0.2, 0.25) is 0 Å². The van der Waals surface area contributed by atoms with Crippen LogP contribution in [-0.4, -0.2) is 14.9 Å². The van der Waals surface area contributed by atoms with Crippen molar-refractivity contribution >= 4 is 27.0 Å². The van der Waals surface area contributed by atoms with E-state index in [1.165, 1.54) is 6.20 Å². The summed E-state index contributed by atoms with van der Waals surface area (Å²) in [5, 5.41) is 9.70. The summed E-state index contributed by atoms with van der Waals surface area (Å²) in [5.41, 5.74) is 1.86. The number of fused-ring (bicyclic) bond motifs is 1. The predicted molar refractivity (Wildman–Crippen MR) is 69.1 cm³/mol. The van der Waals surface area contributed by atoms with Gasteiger partial charge in [-0.15, -0.1) is 0 Å². The van der Waals surface area contributed by atoms with Crippen LogP contribution in [0.15, 0.2) is 29.2 Å². The van der Waals surface area contributed by atoms with Gasteiger partial charge in [0, 0.05) is 11.9 Å². The van der Waals surface area contributed by atoms with Crippen molar-refractivity contribution in [3.8, 4) is 6.07 Å². The highest BCUT2D eigenvalue weighted by Gasteiger charge is 2.04. The van der Waals surface area contributed by atoms with Gasteiger partial charge in [-0.25, -0.2) is 4.98 Å². The van der Waals surface area contributed by atoms with E-state index in [-0.39, 0.29) is 5.56 Å². The van der Waals surface area contributed by atoms with Crippen molar-refractivity contribution < 1.29 is 0 Å². The summed E-state index contributed by atoms with van der Waals surface area (Å²) in [4.78, 5) is 15.8. The third kappa shape index (κ3) is 2.37. The molecule has 4 nitrogen and oxygen atoms in total. The average molecular weight is 292 g/mol. The molecule has 0 aliphatic rings. The largest absolute Gasteiger partial charge is 0.305 e. The summed E-state index contributed by atoms with van der Waals surface area (Å²) in [6, 6.07) is 7.24. The van der Waals surface area contributed by atoms with Crippen molar-refractivity contribution in [1.82, 2.24) is 9.55 Å². The lowest BCUT2D eigenvalue weighted by Crippen LogP contribution is -2.20. The molecule has 0 saturated heterocycles. The van der Waals surface area contributed by atoms with Crippen LogP contribution in [0.1, 0.15) is 12.0 Å². The monoisotopic (exact) mass is 291 g/mol. The summed E-state index contributed by atoms with van der Waals surface area (Å²) in [5.74, 6) is 0. The van der Waals surface area contributed by atoms with Gasteiger partial charge in [0.25, 0.3) is 5.56 Å². The van der Waals surface area contributed by atoms with E-state index in [4.69, 9.17) is 5.26 Å². The maximum Gasteiger partial charge on any atom is 0.269 e. The Hall–Kier alpha value is -1.67. The first-order valence-electron chi connectivity index (χ1n) is 5.22. The SMILES string of the molecule is N#Cc1ccc2ncc(=O)n(CCCBr)c2c1. The molecular formula is C12H10BrN3O. The van der Waals surface area contributed by atoms with Crippen molar-refractivity contribution in [2.45, 2.75) is 13.0 Å². The quantitative estimate of drug-likeness (QED) is 0.813. The number of hydrogen-bond donors (Lipinski definition) is 0. The molecule has 1 aromatic carbocycles. The Bertz CT molecular complexity index is 642. The molecule has 0 N–H and O–H groups in total. The minimum Gasteiger partial charge on any atom is -0.305 e. The molecule has 17 heavy (non-hydrogen) atoms. The number of aromatic nitrogens is 2. The molecule has 0 radical (unpaired) electrons. The summed E-state index contributed by atoms with van der Waals surface area (Å²) < 4.78 is 1.66. The normalized spacial score (nSPS) is 10.4. The van der Waals surface area contributed by atoms with Crippen LogP contribution in [0.4, 0.5) is 0 Å². The maximum absolute atomic E-state index is 11.7. The molecule has 0 fully saturated rings. The van der Waals surface area contributed by atoms with Crippen molar-refractivity contribution in [3.63, 3.8) is 0 Å². The van der Waals surface area contributed by atoms with Gasteiger partial charge in [-0.05, 0) is 24.6 Å². The highest BCUT2D eigenvalue weighted by Crippen LogP contribution is 2.12. The third-order valence-corrected chi connectivity index (χ3v) is 3.05. The lowest BCUT2D eigenvalue weighted by molar-refractivity contribution is 0.681. The van der Waals surface area contributed by atoms with Crippen LogP contribution in [0.5, 0.6) is 0 Å². The first-order valence-corrected chi connectivity index (χ1v) is 6.34. The Morgan fingerprint density at radius 2 is 2.29 bits per heavy atom. The van der Waals surface area contributed by atoms with Gasteiger partial charge in [-0.2, -0.15) is 5.26 Å². The number of benzene rings is 1. The summed E-state index contributed by atoms with van der Waals surface area (Å²) >= 11 is 3.34. The molecule has 1 heterocycles. The Morgan fingerprint density at radius 3 is 3.00 bits per heavy atom. The van der Waals surface area contributed by atoms with Crippen molar-refractivity contribution in [2.24, 2.45) is 0 Å². The second-order valence-corrected chi connectivity index (χ2v) is 4.40. The highest BCUT2D eigenvalue weighted by atomic mass is 79.9. The zero-order valence-electron chi connectivity index (χ0n) is 9.06. The van der Waals surface area contributed by atoms with E-state index in [1.807, 2.05) is 0 Å². The number of nitrogens with zero attached hydrogens (tertiary/aromatic N) is 3. The lowest BCUT2D eigenvalue weighted by Gasteiger charge is -2.08. The summed E-state index contributed by atoms with van der Waals surface area (Å²) in [7, 11) is 0. The van der Waals surface area contributed by atoms with Gasteiger partial charge >= 0.3 is 0 Å². The molecule has 0 amide bonds. The van der Waals surface area contributed by atoms with Crippen LogP contribution in [0.25, 0.3) is 11.0 Å². The molecule has 1 aromatic heterocycles. The van der Waals surface area contributed by atoms with Gasteiger partial charge in [0.15, 0.2) is 0 Å². The number of hydrogen-bond acceptors (Lipinski definition) is 3. The zero-order chi connectivity index (χ0) is 12.3. The molecule has 86 valence electrons. The number of nitriles is 1. The van der Waals surface area contributed by atoms with Gasteiger partial charge in [-0.3, -0.25) is 4.79 Å². The van der Waals surface area contributed by atoms with Crippen molar-refractivity contribution in [2.75, 3.05) is 5.33 Å². The molecule has 0 unspecified atom stereocenters. The fourth-order valence-corrected chi connectivity index (χ4v) is 1.93. The average Bonchev–Trinajstić information content (AvgIpc) is 2.37. The van der Waals surface area contributed by atoms with E-state index in [0.717, 1.165) is 22.8 Å². The van der Waals surface area contributed by atoms with Gasteiger partial charge in [0.1, 0.15) is 0 Å². The smallest absolute Gasteiger partial charge is 0.269 e. The molecule has 0 atom stereocenters. The fraction of sp³-hybridized carbons (Fsp3) is 0.250. The van der Waals surface area contributed by atoms with Crippen LogP contribution in [0, 0.1) is 11.3 Å². The van der Waals surface area contributed by atoms with Crippen molar-refractivity contribution in [3.05, 3.63) is 40.3 Å². The first kappa shape index (κ1) is 11.8. The number of aryl methyl sites for hydroxylation is 1. The molecule has 2 aromatic rings. The Balaban J connectivity index is 2.65. The molecule has 0 saturated carbocycles. The van der Waals surface area contributed by atoms with E-state index in [1.54, 1.807) is 22.8 Å². The summed E-state index contributed by atoms with van der Waals surface area (Å²) in [6.45, 7) is 0.623. The Morgan fingerprint density at radius 1 is 1.47 bits per heavy atom. The van der Waals surface area contributed by atoms with Gasteiger partial charge < -0.3 is 4.57 Å². The minimum absolute atomic E-state index is 0.131. The number of rotatable bonds is 3. The lowest BCUT2D eigenvalue weighted by atomic mass is 10.2. The first-order chi connectivity index (χ1) is 8.26. The fourth-order valence-electron chi connectivity index (χ4n) is 1.68. The summed E-state index contributed by atoms with van der Waals surface area (Å²) in [6.07, 6.45) is 2.18. The van der Waals surface area contributed by atoms with E-state index in [9.17, 15) is 4.79 Å². The Kier molecular flexibility index (Phi) is 3.55. The molecule has 0 aliphatic heterocycles. The topological polar surface area (TPSA) is 58.7 Å². The zero-order valence-corrected chi connectivity index (χ0v) is 10.6. The second kappa shape index (κ2) is 5.11. The van der Waals surface area contributed by atoms with Crippen LogP contribution in [0.2, 0.25) is 0 Å². The number of halogens is 1.